The Morgan fingerprint density at radius 1 is 1.43 bits per heavy atom. The molecule has 0 aliphatic heterocycles. The summed E-state index contributed by atoms with van der Waals surface area (Å²) < 4.78 is 26.0. The summed E-state index contributed by atoms with van der Waals surface area (Å²) in [6.07, 6.45) is 0.649. The number of carbonyl (C=O) groups excluding carboxylic acids is 1. The van der Waals surface area contributed by atoms with E-state index in [0.717, 1.165) is 12.1 Å². The molecule has 0 amide bonds. The molecule has 2 rings (SSSR count). The first-order chi connectivity index (χ1) is 6.59. The van der Waals surface area contributed by atoms with Gasteiger partial charge >= 0.3 is 0 Å². The fraction of sp³-hybridized carbons (Fsp3) is 0.364. The minimum absolute atomic E-state index is 0.0543. The zero-order valence-corrected chi connectivity index (χ0v) is 7.76. The van der Waals surface area contributed by atoms with Crippen LogP contribution in [0.3, 0.4) is 0 Å². The van der Waals surface area contributed by atoms with Gasteiger partial charge in [-0.2, -0.15) is 0 Å². The Kier molecular flexibility index (Phi) is 2.10. The van der Waals surface area contributed by atoms with Gasteiger partial charge in [-0.25, -0.2) is 8.78 Å². The van der Waals surface area contributed by atoms with Crippen molar-refractivity contribution in [3.63, 3.8) is 0 Å². The second-order valence-corrected chi connectivity index (χ2v) is 3.73. The third kappa shape index (κ3) is 1.54. The predicted octanol–water partition coefficient (Wildman–Crippen LogP) is 2.66. The van der Waals surface area contributed by atoms with Crippen molar-refractivity contribution in [1.82, 2.24) is 0 Å². The number of carbonyl (C=O) groups is 1. The van der Waals surface area contributed by atoms with Crippen molar-refractivity contribution in [2.45, 2.75) is 19.3 Å². The first-order valence-corrected chi connectivity index (χ1v) is 4.55. The normalized spacial score (nSPS) is 24.8. The van der Waals surface area contributed by atoms with E-state index in [9.17, 15) is 13.6 Å². The number of benzene rings is 1. The fourth-order valence-electron chi connectivity index (χ4n) is 1.79. The summed E-state index contributed by atoms with van der Waals surface area (Å²) in [5.41, 5.74) is 0.338. The molecule has 1 aromatic rings. The van der Waals surface area contributed by atoms with Crippen LogP contribution in [0.4, 0.5) is 8.78 Å². The largest absolute Gasteiger partial charge is 0.300 e. The Morgan fingerprint density at radius 3 is 2.71 bits per heavy atom. The van der Waals surface area contributed by atoms with Crippen LogP contribution in [-0.2, 0) is 4.79 Å². The lowest BCUT2D eigenvalue weighted by Crippen LogP contribution is -1.97. The summed E-state index contributed by atoms with van der Waals surface area (Å²) in [5, 5.41) is 0. The van der Waals surface area contributed by atoms with Gasteiger partial charge in [0.2, 0.25) is 0 Å². The van der Waals surface area contributed by atoms with Gasteiger partial charge in [-0.1, -0.05) is 0 Å². The Bertz CT molecular complexity index is 387. The van der Waals surface area contributed by atoms with Crippen LogP contribution in [-0.4, -0.2) is 5.78 Å². The lowest BCUT2D eigenvalue weighted by atomic mass is 10.1. The second-order valence-electron chi connectivity index (χ2n) is 3.73. The molecule has 1 aliphatic carbocycles. The molecule has 0 heterocycles. The molecule has 3 heteroatoms. The second kappa shape index (κ2) is 3.15. The van der Waals surface area contributed by atoms with Gasteiger partial charge in [-0.05, 0) is 43.0 Å². The van der Waals surface area contributed by atoms with Crippen molar-refractivity contribution in [3.05, 3.63) is 35.4 Å². The summed E-state index contributed by atoms with van der Waals surface area (Å²) in [6, 6.07) is 3.38. The highest BCUT2D eigenvalue weighted by atomic mass is 19.1. The maximum atomic E-state index is 13.2. The highest BCUT2D eigenvalue weighted by Gasteiger charge is 2.43. The molecule has 0 radical (unpaired) electrons. The molecular formula is C11H10F2O. The number of halogens is 2. The summed E-state index contributed by atoms with van der Waals surface area (Å²) in [5.74, 6) is -1.02. The molecule has 74 valence electrons. The van der Waals surface area contributed by atoms with Crippen LogP contribution in [0.5, 0.6) is 0 Å². The maximum Gasteiger partial charge on any atom is 0.133 e. The minimum atomic E-state index is -0.449. The van der Waals surface area contributed by atoms with Gasteiger partial charge in [0.15, 0.2) is 0 Å². The first-order valence-electron chi connectivity index (χ1n) is 4.55. The Labute approximate surface area is 80.7 Å². The summed E-state index contributed by atoms with van der Waals surface area (Å²) in [6.45, 7) is 1.49. The van der Waals surface area contributed by atoms with Gasteiger partial charge in [0.25, 0.3) is 0 Å². The molecule has 14 heavy (non-hydrogen) atoms. The van der Waals surface area contributed by atoms with E-state index in [1.807, 2.05) is 0 Å². The highest BCUT2D eigenvalue weighted by molar-refractivity contribution is 5.82. The van der Waals surface area contributed by atoms with Crippen LogP contribution in [0, 0.1) is 17.6 Å². The van der Waals surface area contributed by atoms with Crippen molar-refractivity contribution in [1.29, 1.82) is 0 Å². The van der Waals surface area contributed by atoms with Gasteiger partial charge < -0.3 is 0 Å². The van der Waals surface area contributed by atoms with Crippen LogP contribution < -0.4 is 0 Å². The lowest BCUT2D eigenvalue weighted by Gasteiger charge is -2.00. The monoisotopic (exact) mass is 196 g/mol. The number of Topliss-reactive ketones (excluding diaryl/α,β-unsaturated/α-hetero) is 1. The Balaban J connectivity index is 2.26. The third-order valence-corrected chi connectivity index (χ3v) is 2.67. The molecule has 1 aromatic carbocycles. The average molecular weight is 196 g/mol. The maximum absolute atomic E-state index is 13.2. The Hall–Kier alpha value is -1.25. The van der Waals surface area contributed by atoms with Crippen molar-refractivity contribution < 1.29 is 13.6 Å². The average Bonchev–Trinajstić information content (AvgIpc) is 2.88. The summed E-state index contributed by atoms with van der Waals surface area (Å²) in [7, 11) is 0. The van der Waals surface area contributed by atoms with Crippen molar-refractivity contribution in [3.8, 4) is 0 Å². The molecule has 1 aliphatic rings. The molecule has 0 bridgehead atoms. The molecule has 1 nitrogen and oxygen atoms in total. The van der Waals surface area contributed by atoms with Crippen molar-refractivity contribution in [2.75, 3.05) is 0 Å². The first kappa shape index (κ1) is 9.31. The van der Waals surface area contributed by atoms with E-state index in [-0.39, 0.29) is 17.6 Å². The Morgan fingerprint density at radius 2 is 2.14 bits per heavy atom. The van der Waals surface area contributed by atoms with E-state index in [1.54, 1.807) is 0 Å². The zero-order chi connectivity index (χ0) is 10.3. The predicted molar refractivity (Wildman–Crippen MR) is 47.9 cm³/mol. The summed E-state index contributed by atoms with van der Waals surface area (Å²) >= 11 is 0. The smallest absolute Gasteiger partial charge is 0.133 e. The van der Waals surface area contributed by atoms with Gasteiger partial charge in [0, 0.05) is 5.92 Å². The molecule has 0 saturated heterocycles. The quantitative estimate of drug-likeness (QED) is 0.710. The van der Waals surface area contributed by atoms with Crippen LogP contribution >= 0.6 is 0 Å². The molecular weight excluding hydrogens is 186 g/mol. The number of hydrogen-bond donors (Lipinski definition) is 0. The van der Waals surface area contributed by atoms with Gasteiger partial charge in [-0.3, -0.25) is 4.79 Å². The van der Waals surface area contributed by atoms with E-state index in [4.69, 9.17) is 0 Å². The molecule has 0 N–H and O–H groups in total. The molecule has 0 aromatic heterocycles. The van der Waals surface area contributed by atoms with Gasteiger partial charge in [0.1, 0.15) is 17.4 Å². The van der Waals surface area contributed by atoms with Crippen LogP contribution in [0.2, 0.25) is 0 Å². The van der Waals surface area contributed by atoms with E-state index < -0.39 is 11.6 Å². The van der Waals surface area contributed by atoms with Crippen LogP contribution in [0.1, 0.15) is 24.8 Å². The lowest BCUT2D eigenvalue weighted by molar-refractivity contribution is -0.118. The summed E-state index contributed by atoms with van der Waals surface area (Å²) in [4.78, 5) is 11.0. The van der Waals surface area contributed by atoms with E-state index in [1.165, 1.54) is 13.0 Å². The van der Waals surface area contributed by atoms with Gasteiger partial charge in [0.05, 0.1) is 0 Å². The van der Waals surface area contributed by atoms with E-state index in [0.29, 0.717) is 12.0 Å². The van der Waals surface area contributed by atoms with Gasteiger partial charge in [-0.15, -0.1) is 0 Å². The van der Waals surface area contributed by atoms with E-state index in [2.05, 4.69) is 0 Å². The zero-order valence-electron chi connectivity index (χ0n) is 7.76. The topological polar surface area (TPSA) is 17.1 Å². The standard InChI is InChI=1S/C11H10F2O/c1-6(14)8-5-9(8)10-4-7(12)2-3-11(10)13/h2-4,8-9H,5H2,1H3/t8-,9-/m0/s1. The number of hydrogen-bond acceptors (Lipinski definition) is 1. The SMILES string of the molecule is CC(=O)[C@@H]1C[C@@H]1c1cc(F)ccc1F. The third-order valence-electron chi connectivity index (χ3n) is 2.67. The van der Waals surface area contributed by atoms with Crippen LogP contribution in [0.15, 0.2) is 18.2 Å². The van der Waals surface area contributed by atoms with E-state index >= 15 is 0 Å². The van der Waals surface area contributed by atoms with Crippen LogP contribution in [0.25, 0.3) is 0 Å². The molecule has 0 spiro atoms. The molecule has 2 atom stereocenters. The molecule has 1 fully saturated rings. The fourth-order valence-corrected chi connectivity index (χ4v) is 1.79. The van der Waals surface area contributed by atoms with Crippen molar-refractivity contribution >= 4 is 5.78 Å². The number of ketones is 1. The molecule has 0 unspecified atom stereocenters. The molecule has 1 saturated carbocycles. The number of rotatable bonds is 2. The van der Waals surface area contributed by atoms with Crippen molar-refractivity contribution in [2.24, 2.45) is 5.92 Å². The minimum Gasteiger partial charge on any atom is -0.300 e. The highest BCUT2D eigenvalue weighted by Crippen LogP contribution is 2.48.